The number of halogens is 1. The fourth-order valence-corrected chi connectivity index (χ4v) is 5.03. The third-order valence-electron chi connectivity index (χ3n) is 6.46. The minimum atomic E-state index is 0. The molecule has 0 atom stereocenters. The molecule has 1 aromatic carbocycles. The monoisotopic (exact) mass is 388 g/mol. The second-order valence-electron chi connectivity index (χ2n) is 8.33. The largest absolute Gasteiger partial charge is 0.353 e. The zero-order valence-electron chi connectivity index (χ0n) is 16.3. The number of hydrogen-bond acceptors (Lipinski definition) is 3. The van der Waals surface area contributed by atoms with Crippen molar-refractivity contribution in [3.05, 3.63) is 47.8 Å². The van der Waals surface area contributed by atoms with Gasteiger partial charge in [-0.25, -0.2) is 0 Å². The summed E-state index contributed by atoms with van der Waals surface area (Å²) in [7, 11) is 0. The van der Waals surface area contributed by atoms with E-state index in [2.05, 4.69) is 16.0 Å². The zero-order valence-corrected chi connectivity index (χ0v) is 17.1. The van der Waals surface area contributed by atoms with E-state index < -0.39 is 0 Å². The Morgan fingerprint density at radius 3 is 2.19 bits per heavy atom. The van der Waals surface area contributed by atoms with Crippen molar-refractivity contribution in [3.63, 3.8) is 0 Å². The van der Waals surface area contributed by atoms with Crippen LogP contribution >= 0.6 is 12.4 Å². The van der Waals surface area contributed by atoms with Crippen molar-refractivity contribution < 1.29 is 4.79 Å². The number of allylic oxidation sites excluding steroid dienone is 1. The highest BCUT2D eigenvalue weighted by atomic mass is 35.5. The van der Waals surface area contributed by atoms with E-state index in [4.69, 9.17) is 0 Å². The van der Waals surface area contributed by atoms with Crippen molar-refractivity contribution in [2.45, 2.75) is 70.3 Å². The molecule has 0 N–H and O–H groups in total. The van der Waals surface area contributed by atoms with Crippen molar-refractivity contribution in [2.24, 2.45) is 5.92 Å². The summed E-state index contributed by atoms with van der Waals surface area (Å²) in [5.41, 5.74) is 2.37. The standard InChI is InChI=1S/C23H32N2O.ClH/c26-23(20-12-6-2-7-13-20)17-24-16-22(19-10-4-1-5-11-19)25(18-24)21-14-8-3-9-15-21;/h2,6-7,12-13,16,19,21H,1,3-5,8-11,14-15,17-18H2;1H. The lowest BCUT2D eigenvalue weighted by molar-refractivity contribution is 0.0921. The molecule has 0 aromatic heterocycles. The molecule has 2 aliphatic carbocycles. The van der Waals surface area contributed by atoms with Crippen LogP contribution in [0, 0.1) is 5.92 Å². The van der Waals surface area contributed by atoms with E-state index in [1.54, 1.807) is 0 Å². The highest BCUT2D eigenvalue weighted by Gasteiger charge is 2.33. The first kappa shape index (κ1) is 20.3. The van der Waals surface area contributed by atoms with E-state index in [1.165, 1.54) is 69.9 Å². The molecule has 0 amide bonds. The summed E-state index contributed by atoms with van der Waals surface area (Å²) in [5.74, 6) is 0.942. The van der Waals surface area contributed by atoms with Crippen LogP contribution in [-0.2, 0) is 0 Å². The third kappa shape index (κ3) is 4.87. The van der Waals surface area contributed by atoms with E-state index >= 15 is 0 Å². The predicted molar refractivity (Wildman–Crippen MR) is 113 cm³/mol. The molecule has 3 aliphatic rings. The van der Waals surface area contributed by atoms with Crippen LogP contribution in [0.15, 0.2) is 42.2 Å². The molecule has 0 bridgehead atoms. The van der Waals surface area contributed by atoms with Gasteiger partial charge in [-0.05, 0) is 25.7 Å². The molecule has 3 nitrogen and oxygen atoms in total. The number of nitrogens with zero attached hydrogens (tertiary/aromatic N) is 2. The highest BCUT2D eigenvalue weighted by molar-refractivity contribution is 5.97. The summed E-state index contributed by atoms with van der Waals surface area (Å²) < 4.78 is 0. The first-order valence-electron chi connectivity index (χ1n) is 10.6. The minimum Gasteiger partial charge on any atom is -0.353 e. The third-order valence-corrected chi connectivity index (χ3v) is 6.46. The highest BCUT2D eigenvalue weighted by Crippen LogP contribution is 2.38. The molecular formula is C23H33ClN2O. The Kier molecular flexibility index (Phi) is 7.23. The fraction of sp³-hybridized carbons (Fsp3) is 0.609. The molecule has 0 radical (unpaired) electrons. The van der Waals surface area contributed by atoms with E-state index in [0.717, 1.165) is 12.2 Å². The lowest BCUT2D eigenvalue weighted by Crippen LogP contribution is -2.40. The van der Waals surface area contributed by atoms with Gasteiger partial charge in [0.2, 0.25) is 0 Å². The average Bonchev–Trinajstić information content (AvgIpc) is 3.14. The molecule has 0 spiro atoms. The van der Waals surface area contributed by atoms with E-state index in [1.807, 2.05) is 30.3 Å². The Balaban J connectivity index is 0.00000210. The van der Waals surface area contributed by atoms with Crippen LogP contribution in [0.25, 0.3) is 0 Å². The maximum absolute atomic E-state index is 12.7. The van der Waals surface area contributed by atoms with Crippen LogP contribution < -0.4 is 0 Å². The van der Waals surface area contributed by atoms with Crippen molar-refractivity contribution >= 4 is 18.2 Å². The molecule has 1 heterocycles. The molecule has 1 aromatic rings. The number of carbonyl (C=O) groups excluding carboxylic acids is 1. The van der Waals surface area contributed by atoms with Gasteiger partial charge >= 0.3 is 0 Å². The number of ketones is 1. The summed E-state index contributed by atoms with van der Waals surface area (Å²) in [6.45, 7) is 1.42. The van der Waals surface area contributed by atoms with Gasteiger partial charge < -0.3 is 9.80 Å². The smallest absolute Gasteiger partial charge is 0.182 e. The van der Waals surface area contributed by atoms with E-state index in [0.29, 0.717) is 18.5 Å². The molecular weight excluding hydrogens is 356 g/mol. The Labute approximate surface area is 170 Å². The molecule has 0 saturated heterocycles. The van der Waals surface area contributed by atoms with E-state index in [-0.39, 0.29) is 18.2 Å². The SMILES string of the molecule is Cl.O=C(CN1C=C(C2CCCCC2)N(C2CCCCC2)C1)c1ccccc1. The Morgan fingerprint density at radius 1 is 0.889 bits per heavy atom. The van der Waals surface area contributed by atoms with Crippen molar-refractivity contribution in [3.8, 4) is 0 Å². The van der Waals surface area contributed by atoms with Crippen LogP contribution in [-0.4, -0.2) is 34.8 Å². The molecule has 0 unspecified atom stereocenters. The maximum Gasteiger partial charge on any atom is 0.182 e. The van der Waals surface area contributed by atoms with Gasteiger partial charge in [-0.15, -0.1) is 12.4 Å². The number of hydrogen-bond donors (Lipinski definition) is 0. The average molecular weight is 389 g/mol. The maximum atomic E-state index is 12.7. The van der Waals surface area contributed by atoms with Gasteiger partial charge in [-0.2, -0.15) is 0 Å². The predicted octanol–water partition coefficient (Wildman–Crippen LogP) is 5.62. The van der Waals surface area contributed by atoms with Crippen LogP contribution in [0.4, 0.5) is 0 Å². The van der Waals surface area contributed by atoms with Gasteiger partial charge in [0.05, 0.1) is 13.2 Å². The van der Waals surface area contributed by atoms with Gasteiger partial charge in [0.25, 0.3) is 0 Å². The van der Waals surface area contributed by atoms with Gasteiger partial charge in [-0.3, -0.25) is 4.79 Å². The van der Waals surface area contributed by atoms with Crippen LogP contribution in [0.2, 0.25) is 0 Å². The lowest BCUT2D eigenvalue weighted by Gasteiger charge is -2.38. The van der Waals surface area contributed by atoms with Crippen molar-refractivity contribution in [2.75, 3.05) is 13.2 Å². The number of carbonyl (C=O) groups is 1. The lowest BCUT2D eigenvalue weighted by atomic mass is 9.85. The number of benzene rings is 1. The topological polar surface area (TPSA) is 23.6 Å². The number of Topliss-reactive ketones (excluding diaryl/α,β-unsaturated/α-hetero) is 1. The summed E-state index contributed by atoms with van der Waals surface area (Å²) >= 11 is 0. The first-order valence-corrected chi connectivity index (χ1v) is 10.6. The van der Waals surface area contributed by atoms with Crippen LogP contribution in [0.1, 0.15) is 74.6 Å². The van der Waals surface area contributed by atoms with Crippen LogP contribution in [0.5, 0.6) is 0 Å². The molecule has 27 heavy (non-hydrogen) atoms. The second kappa shape index (κ2) is 9.64. The Morgan fingerprint density at radius 2 is 1.52 bits per heavy atom. The van der Waals surface area contributed by atoms with E-state index in [9.17, 15) is 4.79 Å². The molecule has 4 rings (SSSR count). The summed E-state index contributed by atoms with van der Waals surface area (Å²) in [5, 5.41) is 0. The molecule has 4 heteroatoms. The van der Waals surface area contributed by atoms with Crippen molar-refractivity contribution in [1.82, 2.24) is 9.80 Å². The fourth-order valence-electron chi connectivity index (χ4n) is 5.03. The van der Waals surface area contributed by atoms with Gasteiger partial charge in [0.15, 0.2) is 5.78 Å². The quantitative estimate of drug-likeness (QED) is 0.611. The second-order valence-corrected chi connectivity index (χ2v) is 8.33. The van der Waals surface area contributed by atoms with Gasteiger partial charge in [0, 0.05) is 29.4 Å². The summed E-state index contributed by atoms with van der Waals surface area (Å²) in [6.07, 6.45) is 15.9. The Bertz CT molecular complexity index is 633. The van der Waals surface area contributed by atoms with Crippen LogP contribution in [0.3, 0.4) is 0 Å². The van der Waals surface area contributed by atoms with Gasteiger partial charge in [0.1, 0.15) is 0 Å². The number of rotatable bonds is 5. The summed E-state index contributed by atoms with van der Waals surface area (Å²) in [6, 6.07) is 10.4. The molecule has 2 saturated carbocycles. The normalized spacial score (nSPS) is 21.7. The molecule has 148 valence electrons. The first-order chi connectivity index (χ1) is 12.8. The molecule has 2 fully saturated rings. The van der Waals surface area contributed by atoms with Crippen molar-refractivity contribution in [1.29, 1.82) is 0 Å². The Hall–Kier alpha value is -1.48. The molecule has 1 aliphatic heterocycles. The zero-order chi connectivity index (χ0) is 17.8. The summed E-state index contributed by atoms with van der Waals surface area (Å²) in [4.78, 5) is 17.6. The minimum absolute atomic E-state index is 0. The van der Waals surface area contributed by atoms with Gasteiger partial charge in [-0.1, -0.05) is 68.9 Å².